The molecule has 0 saturated heterocycles. The van der Waals surface area contributed by atoms with Crippen molar-refractivity contribution < 1.29 is 10.2 Å². The van der Waals surface area contributed by atoms with E-state index in [1.807, 2.05) is 18.2 Å². The third kappa shape index (κ3) is 3.87. The van der Waals surface area contributed by atoms with Crippen LogP contribution in [0.2, 0.25) is 0 Å². The molecule has 164 valence electrons. The van der Waals surface area contributed by atoms with Crippen LogP contribution in [-0.2, 0) is 0 Å². The quantitative estimate of drug-likeness (QED) is 0.443. The molecule has 31 heavy (non-hydrogen) atoms. The van der Waals surface area contributed by atoms with Crippen LogP contribution in [-0.4, -0.2) is 16.3 Å². The van der Waals surface area contributed by atoms with Crippen molar-refractivity contribution in [1.82, 2.24) is 0 Å². The van der Waals surface area contributed by atoms with Gasteiger partial charge in [-0.05, 0) is 79.0 Å². The number of rotatable bonds is 8. The molecule has 0 heterocycles. The molecule has 2 aromatic carbocycles. The molecule has 3 unspecified atom stereocenters. The normalized spacial score (nSPS) is 25.1. The van der Waals surface area contributed by atoms with Gasteiger partial charge >= 0.3 is 0 Å². The van der Waals surface area contributed by atoms with Gasteiger partial charge in [-0.25, -0.2) is 0 Å². The second-order valence-corrected chi connectivity index (χ2v) is 9.52. The van der Waals surface area contributed by atoms with Crippen LogP contribution in [0.4, 0.5) is 0 Å². The standard InChI is InChI=1S/C29H36O2/c1-4-5-6-8-13-23-18-26-27(31)16-17-29(26,21(3)22-11-9-7-10-12-22)28(23)25-19-24(30)15-14-20(25)2/h7,9-12,14-15,19,26-27,30-31H,3-6,8,13,16-18H2,1-2H3. The topological polar surface area (TPSA) is 40.5 Å². The molecule has 1 fully saturated rings. The predicted molar refractivity (Wildman–Crippen MR) is 130 cm³/mol. The van der Waals surface area contributed by atoms with Crippen LogP contribution in [0.25, 0.3) is 11.1 Å². The van der Waals surface area contributed by atoms with Crippen molar-refractivity contribution in [1.29, 1.82) is 0 Å². The van der Waals surface area contributed by atoms with Crippen LogP contribution >= 0.6 is 0 Å². The van der Waals surface area contributed by atoms with Crippen LogP contribution in [0.1, 0.15) is 75.0 Å². The first kappa shape index (κ1) is 21.9. The van der Waals surface area contributed by atoms with Gasteiger partial charge < -0.3 is 10.2 Å². The van der Waals surface area contributed by atoms with E-state index in [2.05, 4.69) is 44.7 Å². The lowest BCUT2D eigenvalue weighted by Gasteiger charge is -2.37. The average molecular weight is 417 g/mol. The van der Waals surface area contributed by atoms with Crippen molar-refractivity contribution in [3.63, 3.8) is 0 Å². The summed E-state index contributed by atoms with van der Waals surface area (Å²) >= 11 is 0. The molecule has 0 aliphatic heterocycles. The third-order valence-corrected chi connectivity index (χ3v) is 7.68. The zero-order valence-electron chi connectivity index (χ0n) is 19.0. The molecule has 2 heteroatoms. The fourth-order valence-corrected chi connectivity index (χ4v) is 6.12. The van der Waals surface area contributed by atoms with E-state index in [0.717, 1.165) is 42.4 Å². The number of fused-ring (bicyclic) bond motifs is 1. The number of allylic oxidation sites excluding steroid dienone is 3. The highest BCUT2D eigenvalue weighted by molar-refractivity contribution is 5.91. The summed E-state index contributed by atoms with van der Waals surface area (Å²) in [4.78, 5) is 0. The van der Waals surface area contributed by atoms with Crippen LogP contribution in [0.3, 0.4) is 0 Å². The highest BCUT2D eigenvalue weighted by Crippen LogP contribution is 2.66. The van der Waals surface area contributed by atoms with E-state index in [9.17, 15) is 10.2 Å². The lowest BCUT2D eigenvalue weighted by atomic mass is 9.66. The molecule has 0 aromatic heterocycles. The van der Waals surface area contributed by atoms with Gasteiger partial charge in [-0.2, -0.15) is 0 Å². The van der Waals surface area contributed by atoms with Crippen molar-refractivity contribution in [3.8, 4) is 5.75 Å². The van der Waals surface area contributed by atoms with Gasteiger partial charge in [-0.1, -0.05) is 74.7 Å². The summed E-state index contributed by atoms with van der Waals surface area (Å²) in [5.41, 5.74) is 7.14. The Kier molecular flexibility index (Phi) is 6.39. The molecule has 2 aliphatic rings. The molecular weight excluding hydrogens is 380 g/mol. The third-order valence-electron chi connectivity index (χ3n) is 7.68. The Morgan fingerprint density at radius 1 is 1.10 bits per heavy atom. The van der Waals surface area contributed by atoms with Crippen molar-refractivity contribution in [2.45, 2.75) is 71.3 Å². The highest BCUT2D eigenvalue weighted by Gasteiger charge is 2.56. The molecule has 2 aromatic rings. The highest BCUT2D eigenvalue weighted by atomic mass is 16.3. The Hall–Kier alpha value is -2.32. The van der Waals surface area contributed by atoms with Gasteiger partial charge in [-0.15, -0.1) is 0 Å². The number of aryl methyl sites for hydroxylation is 1. The van der Waals surface area contributed by atoms with Gasteiger partial charge in [0.15, 0.2) is 0 Å². The number of aliphatic hydroxyl groups is 1. The Morgan fingerprint density at radius 3 is 2.61 bits per heavy atom. The van der Waals surface area contributed by atoms with Crippen LogP contribution < -0.4 is 0 Å². The first-order chi connectivity index (χ1) is 15.0. The maximum atomic E-state index is 11.1. The Bertz CT molecular complexity index is 971. The van der Waals surface area contributed by atoms with E-state index in [1.165, 1.54) is 42.4 Å². The fraction of sp³-hybridized carbons (Fsp3) is 0.448. The molecule has 2 nitrogen and oxygen atoms in total. The number of phenolic OH excluding ortho intramolecular Hbond substituents is 1. The van der Waals surface area contributed by atoms with Crippen LogP contribution in [0.15, 0.2) is 60.7 Å². The molecule has 2 N–H and O–H groups in total. The van der Waals surface area contributed by atoms with Crippen molar-refractivity contribution >= 4 is 11.1 Å². The Labute approximate surface area is 187 Å². The molecule has 0 amide bonds. The Balaban J connectivity index is 1.86. The van der Waals surface area contributed by atoms with Gasteiger partial charge in [0.2, 0.25) is 0 Å². The van der Waals surface area contributed by atoms with Gasteiger partial charge in [-0.3, -0.25) is 0 Å². The first-order valence-corrected chi connectivity index (χ1v) is 11.9. The second kappa shape index (κ2) is 9.04. The minimum atomic E-state index is -0.304. The van der Waals surface area contributed by atoms with Crippen molar-refractivity contribution in [2.24, 2.45) is 11.3 Å². The number of aromatic hydroxyl groups is 1. The molecule has 0 spiro atoms. The van der Waals surface area contributed by atoms with Crippen LogP contribution in [0.5, 0.6) is 5.75 Å². The summed E-state index contributed by atoms with van der Waals surface area (Å²) in [6.07, 6.45) is 8.33. The molecule has 4 rings (SSSR count). The first-order valence-electron chi connectivity index (χ1n) is 11.9. The number of hydrogen-bond donors (Lipinski definition) is 2. The van der Waals surface area contributed by atoms with E-state index >= 15 is 0 Å². The van der Waals surface area contributed by atoms with E-state index < -0.39 is 0 Å². The average Bonchev–Trinajstić information content (AvgIpc) is 3.28. The molecule has 1 saturated carbocycles. The molecule has 0 bridgehead atoms. The molecule has 3 atom stereocenters. The zero-order valence-corrected chi connectivity index (χ0v) is 19.0. The van der Waals surface area contributed by atoms with Gasteiger partial charge in [0.25, 0.3) is 0 Å². The summed E-state index contributed by atoms with van der Waals surface area (Å²) in [5.74, 6) is 0.471. The number of phenols is 1. The summed E-state index contributed by atoms with van der Waals surface area (Å²) < 4.78 is 0. The smallest absolute Gasteiger partial charge is 0.116 e. The maximum Gasteiger partial charge on any atom is 0.116 e. The largest absolute Gasteiger partial charge is 0.508 e. The summed E-state index contributed by atoms with van der Waals surface area (Å²) in [7, 11) is 0. The number of unbranched alkanes of at least 4 members (excludes halogenated alkanes) is 3. The van der Waals surface area contributed by atoms with E-state index in [1.54, 1.807) is 6.07 Å². The number of hydrogen-bond acceptors (Lipinski definition) is 2. The SMILES string of the molecule is C=C(c1ccccc1)C12CCC(O)C1CC(CCCCCC)=C2c1cc(O)ccc1C. The predicted octanol–water partition coefficient (Wildman–Crippen LogP) is 7.30. The fourth-order valence-electron chi connectivity index (χ4n) is 6.12. The maximum absolute atomic E-state index is 11.1. The van der Waals surface area contributed by atoms with E-state index in [0.29, 0.717) is 5.75 Å². The van der Waals surface area contributed by atoms with Crippen molar-refractivity contribution in [3.05, 3.63) is 77.4 Å². The minimum Gasteiger partial charge on any atom is -0.508 e. The lowest BCUT2D eigenvalue weighted by molar-refractivity contribution is 0.120. The van der Waals surface area contributed by atoms with Crippen molar-refractivity contribution in [2.75, 3.05) is 0 Å². The van der Waals surface area contributed by atoms with Gasteiger partial charge in [0.1, 0.15) is 5.75 Å². The molecule has 0 radical (unpaired) electrons. The summed E-state index contributed by atoms with van der Waals surface area (Å²) in [5, 5.41) is 21.4. The molecule has 2 aliphatic carbocycles. The molecular formula is C29H36O2. The number of benzene rings is 2. The summed E-state index contributed by atoms with van der Waals surface area (Å²) in [6.45, 7) is 9.02. The second-order valence-electron chi connectivity index (χ2n) is 9.52. The Morgan fingerprint density at radius 2 is 1.87 bits per heavy atom. The van der Waals surface area contributed by atoms with E-state index in [4.69, 9.17) is 0 Å². The number of aliphatic hydroxyl groups excluding tert-OH is 1. The van der Waals surface area contributed by atoms with E-state index in [-0.39, 0.29) is 17.4 Å². The van der Waals surface area contributed by atoms with Gasteiger partial charge in [0.05, 0.1) is 6.10 Å². The minimum absolute atomic E-state index is 0.165. The summed E-state index contributed by atoms with van der Waals surface area (Å²) in [6, 6.07) is 16.2. The monoisotopic (exact) mass is 416 g/mol. The zero-order chi connectivity index (χ0) is 22.0. The van der Waals surface area contributed by atoms with Crippen LogP contribution in [0, 0.1) is 18.3 Å². The lowest BCUT2D eigenvalue weighted by Crippen LogP contribution is -2.29. The van der Waals surface area contributed by atoms with Gasteiger partial charge in [0, 0.05) is 11.3 Å².